The number of hydrogen-bond donors (Lipinski definition) is 0. The Hall–Kier alpha value is -17.1. The van der Waals surface area contributed by atoms with Gasteiger partial charge in [-0.3, -0.25) is 0 Å². The Morgan fingerprint density at radius 3 is 1.00 bits per heavy atom. The first-order chi connectivity index (χ1) is 71.6. The lowest BCUT2D eigenvalue weighted by Crippen LogP contribution is -2.14. The van der Waals surface area contributed by atoms with Crippen LogP contribution in [0.15, 0.2) is 464 Å². The summed E-state index contributed by atoms with van der Waals surface area (Å²) in [6.07, 6.45) is 0. The molecule has 32 aromatic rings. The average Bonchev–Trinajstić information content (AvgIpc) is 1.53. The minimum absolute atomic E-state index is 0.0530. The first-order valence-electron chi connectivity index (χ1n) is 49.4. The maximum Gasteiger partial charge on any atom is 0.143 e. The first kappa shape index (κ1) is 82.6. The Bertz CT molecular complexity index is 11000. The van der Waals surface area contributed by atoms with Crippen LogP contribution in [0.4, 0.5) is 0 Å². The van der Waals surface area contributed by atoms with Gasteiger partial charge in [0.15, 0.2) is 0 Å². The van der Waals surface area contributed by atoms with Gasteiger partial charge in [0.25, 0.3) is 0 Å². The number of hydrogen-bond acceptors (Lipinski definition) is 7. The number of furan rings is 2. The summed E-state index contributed by atoms with van der Waals surface area (Å²) in [5.74, 6) is 0. The van der Waals surface area contributed by atoms with Crippen LogP contribution in [0, 0.1) is 0 Å². The quantitative estimate of drug-likeness (QED) is 0.152. The van der Waals surface area contributed by atoms with E-state index in [1.807, 2.05) is 74.9 Å². The molecular weight excluding hydrogens is 1860 g/mol. The zero-order chi connectivity index (χ0) is 95.1. The molecule has 10 heterocycles. The third-order valence-corrected chi connectivity index (χ3v) is 36.9. The van der Waals surface area contributed by atoms with Crippen LogP contribution in [0.2, 0.25) is 0 Å². The van der Waals surface area contributed by atoms with E-state index in [0.717, 1.165) is 60.6 Å². The Morgan fingerprint density at radius 2 is 0.510 bits per heavy atom. The normalized spacial score (nSPS) is 12.7. The molecule has 10 heteroatoms. The van der Waals surface area contributed by atoms with Gasteiger partial charge in [0.2, 0.25) is 0 Å². The number of nitrogens with zero attached hydrogens (tertiary/aromatic N) is 3. The van der Waals surface area contributed by atoms with Crippen LogP contribution in [-0.4, -0.2) is 13.7 Å². The minimum atomic E-state index is -0.0530. The lowest BCUT2D eigenvalue weighted by atomic mass is 9.82. The SMILES string of the molecule is CC1(C)c2ccccc2-c2cc3c4ccccc4n(-c4ccc5sc6c(-c7cccc8c7sc7ccccc78)cccc6c5c4)c3cc21.c1ccc(-c2ccc3c(c2)c2cc(-c4ccccc4)ccc2n3-c2ccc3sc4c(-c5cccc6c5sc5ccccc56)cccc4c3c2)cc1.c1ccc2c(c1)oc1cc3c(cc12)c1ccccc1n3-c1ccc2sc3c(-c4cccc5c4oc4ccccc45)cccc3c2c1. The van der Waals surface area contributed by atoms with Crippen molar-refractivity contribution >= 4 is 267 Å². The maximum absolute atomic E-state index is 6.45. The van der Waals surface area contributed by atoms with E-state index in [9.17, 15) is 0 Å². The smallest absolute Gasteiger partial charge is 0.143 e. The highest BCUT2D eigenvalue weighted by Gasteiger charge is 2.37. The van der Waals surface area contributed by atoms with Gasteiger partial charge in [0, 0.05) is 217 Å². The van der Waals surface area contributed by atoms with Gasteiger partial charge < -0.3 is 22.5 Å². The summed E-state index contributed by atoms with van der Waals surface area (Å²) >= 11 is 9.48. The Labute approximate surface area is 851 Å². The number of para-hydroxylation sites is 5. The maximum atomic E-state index is 6.45. The third kappa shape index (κ3) is 12.6. The Kier molecular flexibility index (Phi) is 18.2. The molecule has 0 amide bonds. The van der Waals surface area contributed by atoms with Gasteiger partial charge in [-0.2, -0.15) is 0 Å². The monoisotopic (exact) mass is 1940 g/mol. The lowest BCUT2D eigenvalue weighted by molar-refractivity contribution is 0.661. The van der Waals surface area contributed by atoms with Gasteiger partial charge in [0.05, 0.1) is 33.1 Å². The first-order valence-corrected chi connectivity index (χ1v) is 53.5. The highest BCUT2D eigenvalue weighted by atomic mass is 32.1. The molecule has 33 rings (SSSR count). The van der Waals surface area contributed by atoms with Crippen molar-refractivity contribution in [1.29, 1.82) is 0 Å². The number of rotatable bonds is 8. The summed E-state index contributed by atoms with van der Waals surface area (Å²) in [5, 5.41) is 25.3. The summed E-state index contributed by atoms with van der Waals surface area (Å²) in [6, 6.07) is 167. The molecule has 0 saturated carbocycles. The number of aromatic nitrogens is 3. The summed E-state index contributed by atoms with van der Waals surface area (Å²) in [7, 11) is 0. The van der Waals surface area contributed by atoms with Crippen LogP contribution in [0.3, 0.4) is 0 Å². The summed E-state index contributed by atoms with van der Waals surface area (Å²) < 4.78 is 33.4. The zero-order valence-electron chi connectivity index (χ0n) is 78.5. The van der Waals surface area contributed by atoms with Crippen molar-refractivity contribution in [2.75, 3.05) is 0 Å². The highest BCUT2D eigenvalue weighted by molar-refractivity contribution is 7.28. The summed E-state index contributed by atoms with van der Waals surface area (Å²) in [4.78, 5) is 0. The number of fused-ring (bicyclic) bond motifs is 33. The van der Waals surface area contributed by atoms with E-state index in [0.29, 0.717) is 0 Å². The van der Waals surface area contributed by atoms with E-state index >= 15 is 0 Å². The Balaban J connectivity index is 0.0000000991. The van der Waals surface area contributed by atoms with Crippen molar-refractivity contribution in [2.24, 2.45) is 0 Å². The van der Waals surface area contributed by atoms with Gasteiger partial charge in [-0.25, -0.2) is 0 Å². The average molecular weight is 1940 g/mol. The molecule has 0 atom stereocenters. The largest absolute Gasteiger partial charge is 0.456 e. The van der Waals surface area contributed by atoms with Crippen LogP contribution in [0.5, 0.6) is 0 Å². The second kappa shape index (κ2) is 32.0. The standard InChI is InChI=1S/C48H29NS2.C45H29NS2.C42H23NO2S/c1-3-11-30(12-4-1)32-21-24-43-40(27-32)41-28-33(31-13-5-2-6-14-31)22-25-44(41)49(43)34-23-26-46-42(29-34)39-19-10-18-38(48(39)51-46)37-17-9-16-36-35-15-7-8-20-45(35)50-47(36)37;1-45(2)37-18-6-3-11-27(37)34-24-35-28-12-4-7-19-39(28)46(40(35)25-38(34)45)26-21-22-42-36(23-26)33-17-10-16-32(44(33)48-42)31-15-9-14-30-29-13-5-8-20-41(29)47-43(30)31;1-4-16-35-25(9-1)32-22-33-27-11-3-5-17-37(27)44-39(33)23-36(32)43(35)24-19-20-40-34(21-24)31-15-8-14-30(42(31)46-40)29-13-7-12-28-26-10-2-6-18-38(26)45-41(28)29/h1-29H;3-25H,1-2H3;1-23H. The van der Waals surface area contributed by atoms with Crippen LogP contribution in [0.1, 0.15) is 25.0 Å². The molecule has 1 aliphatic rings. The van der Waals surface area contributed by atoms with Crippen molar-refractivity contribution in [1.82, 2.24) is 13.7 Å². The molecule has 0 radical (unpaired) electrons. The molecule has 145 heavy (non-hydrogen) atoms. The van der Waals surface area contributed by atoms with E-state index in [1.54, 1.807) is 0 Å². The van der Waals surface area contributed by atoms with Crippen LogP contribution in [0.25, 0.3) is 294 Å². The van der Waals surface area contributed by atoms with Gasteiger partial charge >= 0.3 is 0 Å². The molecule has 0 spiro atoms. The van der Waals surface area contributed by atoms with Crippen molar-refractivity contribution in [3.63, 3.8) is 0 Å². The van der Waals surface area contributed by atoms with E-state index in [-0.39, 0.29) is 5.41 Å². The predicted octanol–water partition coefficient (Wildman–Crippen LogP) is 40.6. The van der Waals surface area contributed by atoms with Gasteiger partial charge in [-0.15, -0.1) is 56.7 Å². The van der Waals surface area contributed by atoms with Crippen LogP contribution < -0.4 is 0 Å². The minimum Gasteiger partial charge on any atom is -0.456 e. The predicted molar refractivity (Wildman–Crippen MR) is 626 cm³/mol. The van der Waals surface area contributed by atoms with Gasteiger partial charge in [0.1, 0.15) is 22.3 Å². The fraction of sp³-hybridized carbons (Fsp3) is 0.0222. The second-order valence-electron chi connectivity index (χ2n) is 39.0. The van der Waals surface area contributed by atoms with E-state index in [2.05, 4.69) is 464 Å². The molecule has 1 aliphatic carbocycles. The summed E-state index contributed by atoms with van der Waals surface area (Å²) in [5.41, 5.74) is 32.5. The highest BCUT2D eigenvalue weighted by Crippen LogP contribution is 2.55. The third-order valence-electron chi connectivity index (χ3n) is 30.8. The molecule has 0 aliphatic heterocycles. The molecule has 0 fully saturated rings. The van der Waals surface area contributed by atoms with Crippen molar-refractivity contribution < 1.29 is 8.83 Å². The fourth-order valence-electron chi connectivity index (χ4n) is 24.1. The van der Waals surface area contributed by atoms with Crippen molar-refractivity contribution in [3.8, 4) is 83.8 Å². The number of thiophene rings is 5. The Morgan fingerprint density at radius 1 is 0.172 bits per heavy atom. The zero-order valence-corrected chi connectivity index (χ0v) is 82.6. The summed E-state index contributed by atoms with van der Waals surface area (Å²) in [6.45, 7) is 4.74. The van der Waals surface area contributed by atoms with Gasteiger partial charge in [-0.1, -0.05) is 329 Å². The molecule has 10 aromatic heterocycles. The van der Waals surface area contributed by atoms with Crippen molar-refractivity contribution in [2.45, 2.75) is 19.3 Å². The van der Waals surface area contributed by atoms with E-state index in [1.165, 1.54) is 244 Å². The van der Waals surface area contributed by atoms with Gasteiger partial charge in [-0.05, 0) is 178 Å². The second-order valence-corrected chi connectivity index (χ2v) is 44.3. The molecule has 0 N–H and O–H groups in total. The topological polar surface area (TPSA) is 41.1 Å². The lowest BCUT2D eigenvalue weighted by Gasteiger charge is -2.21. The fourth-order valence-corrected chi connectivity index (χ4v) is 30.2. The van der Waals surface area contributed by atoms with Crippen LogP contribution in [-0.2, 0) is 5.41 Å². The molecular formula is C135H81N3O2S5. The van der Waals surface area contributed by atoms with Crippen LogP contribution >= 0.6 is 56.7 Å². The number of benzene rings is 22. The van der Waals surface area contributed by atoms with E-state index in [4.69, 9.17) is 8.83 Å². The molecule has 22 aromatic carbocycles. The van der Waals surface area contributed by atoms with Crippen molar-refractivity contribution in [3.05, 3.63) is 466 Å². The molecule has 678 valence electrons. The molecule has 0 saturated heterocycles. The molecule has 0 bridgehead atoms. The molecule has 0 unspecified atom stereocenters. The van der Waals surface area contributed by atoms with E-state index < -0.39 is 0 Å². The molecule has 5 nitrogen and oxygen atoms in total.